The van der Waals surface area contributed by atoms with E-state index >= 15 is 0 Å². The van der Waals surface area contributed by atoms with E-state index in [2.05, 4.69) is 15.4 Å². The van der Waals surface area contributed by atoms with Gasteiger partial charge in [-0.05, 0) is 32.8 Å². The largest absolute Gasteiger partial charge is 0.461 e. The van der Waals surface area contributed by atoms with Gasteiger partial charge in [0.2, 0.25) is 5.91 Å². The predicted molar refractivity (Wildman–Crippen MR) is 98.1 cm³/mol. The van der Waals surface area contributed by atoms with Crippen LogP contribution in [0.25, 0.3) is 11.0 Å². The monoisotopic (exact) mass is 359 g/mol. The zero-order valence-corrected chi connectivity index (χ0v) is 15.5. The molecule has 1 saturated heterocycles. The van der Waals surface area contributed by atoms with E-state index in [-0.39, 0.29) is 11.9 Å². The number of rotatable bonds is 5. The molecule has 140 valence electrons. The van der Waals surface area contributed by atoms with Crippen LogP contribution in [0.15, 0.2) is 12.3 Å². The molecule has 8 heteroatoms. The Balaban J connectivity index is 1.90. The Hall–Kier alpha value is -2.64. The fraction of sp³-hybridized carbons (Fsp3) is 0.556. The van der Waals surface area contributed by atoms with Crippen molar-refractivity contribution in [2.75, 3.05) is 25.0 Å². The maximum Gasteiger partial charge on any atom is 0.359 e. The molecule has 0 radical (unpaired) electrons. The first-order valence-corrected chi connectivity index (χ1v) is 9.09. The van der Waals surface area contributed by atoms with Crippen LogP contribution >= 0.6 is 0 Å². The number of piperidine rings is 1. The molecule has 2 aromatic heterocycles. The second-order valence-corrected chi connectivity index (χ2v) is 6.37. The van der Waals surface area contributed by atoms with Crippen LogP contribution in [-0.2, 0) is 16.1 Å². The van der Waals surface area contributed by atoms with Gasteiger partial charge in [-0.15, -0.1) is 0 Å². The SMILES string of the molecule is CCOC(=O)c1nn(CC)c2nccc(NC3CCN(C(C)=O)CC3)c12. The topological polar surface area (TPSA) is 89.3 Å². The summed E-state index contributed by atoms with van der Waals surface area (Å²) in [5.74, 6) is -0.323. The Morgan fingerprint density at radius 2 is 2.04 bits per heavy atom. The molecule has 1 aliphatic heterocycles. The minimum atomic E-state index is -0.438. The van der Waals surface area contributed by atoms with E-state index in [9.17, 15) is 9.59 Å². The van der Waals surface area contributed by atoms with E-state index in [0.29, 0.717) is 29.9 Å². The van der Waals surface area contributed by atoms with E-state index in [1.54, 1.807) is 24.7 Å². The lowest BCUT2D eigenvalue weighted by Crippen LogP contribution is -2.41. The number of carbonyl (C=O) groups excluding carboxylic acids is 2. The Morgan fingerprint density at radius 3 is 2.65 bits per heavy atom. The van der Waals surface area contributed by atoms with Crippen LogP contribution in [0.3, 0.4) is 0 Å². The molecule has 3 rings (SSSR count). The Morgan fingerprint density at radius 1 is 1.31 bits per heavy atom. The van der Waals surface area contributed by atoms with Gasteiger partial charge in [-0.3, -0.25) is 4.79 Å². The normalized spacial score (nSPS) is 15.3. The maximum absolute atomic E-state index is 12.4. The summed E-state index contributed by atoms with van der Waals surface area (Å²) >= 11 is 0. The van der Waals surface area contributed by atoms with Gasteiger partial charge in [-0.25, -0.2) is 14.5 Å². The first kappa shape index (κ1) is 18.2. The summed E-state index contributed by atoms with van der Waals surface area (Å²) in [6.45, 7) is 7.72. The van der Waals surface area contributed by atoms with E-state index in [1.807, 2.05) is 17.9 Å². The smallest absolute Gasteiger partial charge is 0.359 e. The Bertz CT molecular complexity index is 809. The predicted octanol–water partition coefficient (Wildman–Crippen LogP) is 2.05. The Kier molecular flexibility index (Phi) is 5.39. The molecule has 0 spiro atoms. The molecule has 1 aliphatic rings. The number of aromatic nitrogens is 3. The molecular formula is C18H25N5O3. The number of nitrogens with zero attached hydrogens (tertiary/aromatic N) is 4. The third kappa shape index (κ3) is 3.49. The standard InChI is InChI=1S/C18H25N5O3/c1-4-23-17-15(16(21-23)18(25)26-5-2)14(6-9-19-17)20-13-7-10-22(11-8-13)12(3)24/h6,9,13H,4-5,7-8,10-11H2,1-3H3,(H,19,20). The van der Waals surface area contributed by atoms with Gasteiger partial charge in [0, 0.05) is 44.5 Å². The van der Waals surface area contributed by atoms with Crippen molar-refractivity contribution in [3.05, 3.63) is 18.0 Å². The quantitative estimate of drug-likeness (QED) is 0.822. The van der Waals surface area contributed by atoms with Crippen molar-refractivity contribution in [3.63, 3.8) is 0 Å². The number of fused-ring (bicyclic) bond motifs is 1. The number of hydrogen-bond acceptors (Lipinski definition) is 6. The molecular weight excluding hydrogens is 334 g/mol. The van der Waals surface area contributed by atoms with Crippen LogP contribution < -0.4 is 5.32 Å². The van der Waals surface area contributed by atoms with Gasteiger partial charge in [0.1, 0.15) is 0 Å². The zero-order chi connectivity index (χ0) is 18.7. The highest BCUT2D eigenvalue weighted by molar-refractivity contribution is 6.06. The van der Waals surface area contributed by atoms with Crippen LogP contribution in [0.1, 0.15) is 44.1 Å². The molecule has 0 atom stereocenters. The fourth-order valence-corrected chi connectivity index (χ4v) is 3.34. The van der Waals surface area contributed by atoms with Crippen LogP contribution in [0.2, 0.25) is 0 Å². The molecule has 0 bridgehead atoms. The number of anilines is 1. The highest BCUT2D eigenvalue weighted by Gasteiger charge is 2.25. The van der Waals surface area contributed by atoms with E-state index in [0.717, 1.165) is 31.6 Å². The van der Waals surface area contributed by atoms with Crippen molar-refractivity contribution in [2.45, 2.75) is 46.2 Å². The lowest BCUT2D eigenvalue weighted by molar-refractivity contribution is -0.129. The molecule has 1 amide bonds. The van der Waals surface area contributed by atoms with Gasteiger partial charge in [-0.1, -0.05) is 0 Å². The summed E-state index contributed by atoms with van der Waals surface area (Å²) in [5.41, 5.74) is 1.79. The lowest BCUT2D eigenvalue weighted by Gasteiger charge is -2.32. The number of esters is 1. The van der Waals surface area contributed by atoms with Crippen molar-refractivity contribution < 1.29 is 14.3 Å². The Labute approximate surface area is 152 Å². The van der Waals surface area contributed by atoms with Crippen molar-refractivity contribution in [2.24, 2.45) is 0 Å². The van der Waals surface area contributed by atoms with Crippen LogP contribution in [0.4, 0.5) is 5.69 Å². The summed E-state index contributed by atoms with van der Waals surface area (Å²) in [6.07, 6.45) is 3.44. The summed E-state index contributed by atoms with van der Waals surface area (Å²) < 4.78 is 6.88. The fourth-order valence-electron chi connectivity index (χ4n) is 3.34. The van der Waals surface area contributed by atoms with Crippen molar-refractivity contribution >= 4 is 28.6 Å². The van der Waals surface area contributed by atoms with E-state index in [4.69, 9.17) is 4.74 Å². The molecule has 0 saturated carbocycles. The summed E-state index contributed by atoms with van der Waals surface area (Å²) in [5, 5.41) is 8.62. The van der Waals surface area contributed by atoms with Gasteiger partial charge in [0.05, 0.1) is 12.0 Å². The number of likely N-dealkylation sites (tertiary alicyclic amines) is 1. The minimum Gasteiger partial charge on any atom is -0.461 e. The second kappa shape index (κ2) is 7.72. The van der Waals surface area contributed by atoms with Gasteiger partial charge in [0.25, 0.3) is 0 Å². The molecule has 1 fully saturated rings. The minimum absolute atomic E-state index is 0.114. The molecule has 0 aliphatic carbocycles. The van der Waals surface area contributed by atoms with Crippen molar-refractivity contribution in [3.8, 4) is 0 Å². The number of aryl methyl sites for hydroxylation is 1. The average molecular weight is 359 g/mol. The lowest BCUT2D eigenvalue weighted by atomic mass is 10.0. The number of hydrogen-bond donors (Lipinski definition) is 1. The van der Waals surface area contributed by atoms with Crippen LogP contribution in [0.5, 0.6) is 0 Å². The van der Waals surface area contributed by atoms with E-state index < -0.39 is 5.97 Å². The second-order valence-electron chi connectivity index (χ2n) is 6.37. The first-order valence-electron chi connectivity index (χ1n) is 9.09. The summed E-state index contributed by atoms with van der Waals surface area (Å²) in [6, 6.07) is 2.10. The highest BCUT2D eigenvalue weighted by atomic mass is 16.5. The van der Waals surface area contributed by atoms with Gasteiger partial charge in [-0.2, -0.15) is 5.10 Å². The van der Waals surface area contributed by atoms with Crippen LogP contribution in [-0.4, -0.2) is 57.3 Å². The third-order valence-corrected chi connectivity index (χ3v) is 4.70. The average Bonchev–Trinajstić information content (AvgIpc) is 3.02. The summed E-state index contributed by atoms with van der Waals surface area (Å²) in [7, 11) is 0. The summed E-state index contributed by atoms with van der Waals surface area (Å²) in [4.78, 5) is 30.1. The van der Waals surface area contributed by atoms with Crippen LogP contribution in [0, 0.1) is 0 Å². The highest BCUT2D eigenvalue weighted by Crippen LogP contribution is 2.28. The number of amides is 1. The zero-order valence-electron chi connectivity index (χ0n) is 15.5. The third-order valence-electron chi connectivity index (χ3n) is 4.70. The number of pyridine rings is 1. The van der Waals surface area contributed by atoms with Gasteiger partial charge in [0.15, 0.2) is 11.3 Å². The number of ether oxygens (including phenoxy) is 1. The van der Waals surface area contributed by atoms with Gasteiger partial charge < -0.3 is 15.0 Å². The molecule has 1 N–H and O–H groups in total. The molecule has 0 unspecified atom stereocenters. The molecule has 0 aromatic carbocycles. The number of nitrogens with one attached hydrogen (secondary N) is 1. The maximum atomic E-state index is 12.4. The molecule has 3 heterocycles. The van der Waals surface area contributed by atoms with E-state index in [1.165, 1.54) is 0 Å². The molecule has 26 heavy (non-hydrogen) atoms. The number of carbonyl (C=O) groups is 2. The van der Waals surface area contributed by atoms with Gasteiger partial charge >= 0.3 is 5.97 Å². The van der Waals surface area contributed by atoms with Crippen molar-refractivity contribution in [1.29, 1.82) is 0 Å². The molecule has 2 aromatic rings. The van der Waals surface area contributed by atoms with Crippen molar-refractivity contribution in [1.82, 2.24) is 19.7 Å². The molecule has 8 nitrogen and oxygen atoms in total. The first-order chi connectivity index (χ1) is 12.5.